The third-order valence-corrected chi connectivity index (χ3v) is 12.1. The number of benzene rings is 11. The SMILES string of the molecule is c1ccc(-c2ccc3c(c2)c2cc(-c4ccccc4)ccc2n3-c2ccc(-c3ccc4c(c3)c3ccccc3c3c5ccccc5c5ccccc5c43)cc2)cc1. The quantitative estimate of drug-likeness (QED) is 0.160. The highest BCUT2D eigenvalue weighted by atomic mass is 15.0. The van der Waals surface area contributed by atoms with Gasteiger partial charge in [-0.2, -0.15) is 0 Å². The minimum atomic E-state index is 1.15. The lowest BCUT2D eigenvalue weighted by molar-refractivity contribution is 1.18. The molecule has 1 heteroatoms. The van der Waals surface area contributed by atoms with Crippen molar-refractivity contribution in [3.8, 4) is 39.1 Å². The largest absolute Gasteiger partial charge is 0.309 e. The van der Waals surface area contributed by atoms with Crippen LogP contribution in [0.5, 0.6) is 0 Å². The predicted octanol–water partition coefficient (Wildman–Crippen LogP) is 15.6. The van der Waals surface area contributed by atoms with Crippen LogP contribution in [-0.4, -0.2) is 4.57 Å². The van der Waals surface area contributed by atoms with Crippen molar-refractivity contribution in [3.05, 3.63) is 212 Å². The molecule has 0 fully saturated rings. The van der Waals surface area contributed by atoms with E-state index in [1.807, 2.05) is 0 Å². The fraction of sp³-hybridized carbons (Fsp3) is 0. The van der Waals surface area contributed by atoms with Crippen molar-refractivity contribution in [1.29, 1.82) is 0 Å². The summed E-state index contributed by atoms with van der Waals surface area (Å²) < 4.78 is 2.42. The van der Waals surface area contributed by atoms with Gasteiger partial charge in [0.05, 0.1) is 11.0 Å². The van der Waals surface area contributed by atoms with E-state index >= 15 is 0 Å². The molecule has 0 aliphatic rings. The molecule has 0 spiro atoms. The zero-order chi connectivity index (χ0) is 37.5. The number of rotatable bonds is 4. The van der Waals surface area contributed by atoms with Gasteiger partial charge in [-0.3, -0.25) is 0 Å². The van der Waals surface area contributed by atoms with Crippen molar-refractivity contribution in [2.45, 2.75) is 0 Å². The van der Waals surface area contributed by atoms with Gasteiger partial charge in [-0.15, -0.1) is 0 Å². The molecular formula is C56H35N. The Kier molecular flexibility index (Phi) is 7.00. The summed E-state index contributed by atoms with van der Waals surface area (Å²) in [4.78, 5) is 0. The molecule has 0 amide bonds. The summed E-state index contributed by atoms with van der Waals surface area (Å²) in [5, 5.41) is 15.5. The summed E-state index contributed by atoms with van der Waals surface area (Å²) in [6, 6.07) is 78.2. The number of hydrogen-bond donors (Lipinski definition) is 0. The molecule has 12 rings (SSSR count). The smallest absolute Gasteiger partial charge is 0.0541 e. The molecule has 57 heavy (non-hydrogen) atoms. The van der Waals surface area contributed by atoms with Gasteiger partial charge in [0.15, 0.2) is 0 Å². The molecule has 264 valence electrons. The molecular weight excluding hydrogens is 687 g/mol. The van der Waals surface area contributed by atoms with Gasteiger partial charge in [0.25, 0.3) is 0 Å². The Hall–Kier alpha value is -7.48. The number of nitrogens with zero attached hydrogens (tertiary/aromatic N) is 1. The van der Waals surface area contributed by atoms with Crippen molar-refractivity contribution in [2.24, 2.45) is 0 Å². The van der Waals surface area contributed by atoms with Crippen molar-refractivity contribution >= 4 is 75.7 Å². The maximum Gasteiger partial charge on any atom is 0.0541 e. The van der Waals surface area contributed by atoms with Crippen LogP contribution in [0.2, 0.25) is 0 Å². The van der Waals surface area contributed by atoms with Crippen LogP contribution in [0.4, 0.5) is 0 Å². The van der Waals surface area contributed by atoms with Crippen LogP contribution >= 0.6 is 0 Å². The fourth-order valence-electron chi connectivity index (χ4n) is 9.53. The van der Waals surface area contributed by atoms with Crippen LogP contribution < -0.4 is 0 Å². The van der Waals surface area contributed by atoms with Crippen LogP contribution in [-0.2, 0) is 0 Å². The van der Waals surface area contributed by atoms with Gasteiger partial charge in [0, 0.05) is 16.5 Å². The summed E-state index contributed by atoms with van der Waals surface area (Å²) in [5.74, 6) is 0. The maximum atomic E-state index is 2.42. The van der Waals surface area contributed by atoms with E-state index in [-0.39, 0.29) is 0 Å². The molecule has 1 nitrogen and oxygen atoms in total. The van der Waals surface area contributed by atoms with E-state index in [0.717, 1.165) is 5.69 Å². The molecule has 0 aliphatic heterocycles. The van der Waals surface area contributed by atoms with Gasteiger partial charge in [0.1, 0.15) is 0 Å². The number of hydrogen-bond acceptors (Lipinski definition) is 0. The van der Waals surface area contributed by atoms with E-state index in [1.165, 1.54) is 109 Å². The molecule has 0 bridgehead atoms. The van der Waals surface area contributed by atoms with Crippen LogP contribution in [0.1, 0.15) is 0 Å². The molecule has 0 atom stereocenters. The van der Waals surface area contributed by atoms with E-state index in [0.29, 0.717) is 0 Å². The first-order chi connectivity index (χ1) is 28.3. The average Bonchev–Trinajstić information content (AvgIpc) is 3.62. The summed E-state index contributed by atoms with van der Waals surface area (Å²) in [6.07, 6.45) is 0. The predicted molar refractivity (Wildman–Crippen MR) is 245 cm³/mol. The van der Waals surface area contributed by atoms with Gasteiger partial charge in [-0.1, -0.05) is 170 Å². The third kappa shape index (κ3) is 4.89. The molecule has 0 aliphatic carbocycles. The van der Waals surface area contributed by atoms with Crippen molar-refractivity contribution in [3.63, 3.8) is 0 Å². The van der Waals surface area contributed by atoms with Crippen molar-refractivity contribution < 1.29 is 0 Å². The standard InChI is InChI=1S/C56H35N/c1-3-13-36(14-4-1)40-26-31-53-51(34-40)52-35-41(37-15-5-2-6-16-37)27-32-54(52)57(53)42-28-23-38(24-29-42)39-25-30-49-50(33-39)45-19-9-12-22-48(45)55-46-20-10-7-17-43(46)44-18-8-11-21-47(44)56(49)55/h1-35H. The molecule has 0 saturated heterocycles. The van der Waals surface area contributed by atoms with Gasteiger partial charge in [-0.05, 0) is 130 Å². The normalized spacial score (nSPS) is 11.9. The Labute approximate surface area is 330 Å². The number of fused-ring (bicyclic) bond motifs is 14. The van der Waals surface area contributed by atoms with Crippen LogP contribution in [0.25, 0.3) is 115 Å². The minimum absolute atomic E-state index is 1.15. The molecule has 1 heterocycles. The average molecular weight is 722 g/mol. The van der Waals surface area contributed by atoms with Crippen molar-refractivity contribution in [2.75, 3.05) is 0 Å². The summed E-state index contributed by atoms with van der Waals surface area (Å²) in [7, 11) is 0. The molecule has 12 aromatic rings. The lowest BCUT2D eigenvalue weighted by atomic mass is 9.86. The first kappa shape index (κ1) is 31.8. The second kappa shape index (κ2) is 12.5. The lowest BCUT2D eigenvalue weighted by Gasteiger charge is -2.17. The molecule has 0 unspecified atom stereocenters. The Morgan fingerprint density at radius 2 is 0.544 bits per heavy atom. The van der Waals surface area contributed by atoms with Crippen LogP contribution in [0.15, 0.2) is 212 Å². The maximum absolute atomic E-state index is 2.42. The van der Waals surface area contributed by atoms with E-state index in [1.54, 1.807) is 0 Å². The third-order valence-electron chi connectivity index (χ3n) is 12.1. The van der Waals surface area contributed by atoms with Crippen molar-refractivity contribution in [1.82, 2.24) is 4.57 Å². The highest BCUT2D eigenvalue weighted by molar-refractivity contribution is 6.39. The van der Waals surface area contributed by atoms with Gasteiger partial charge >= 0.3 is 0 Å². The number of aromatic nitrogens is 1. The first-order valence-corrected chi connectivity index (χ1v) is 19.8. The summed E-state index contributed by atoms with van der Waals surface area (Å²) in [6.45, 7) is 0. The highest BCUT2D eigenvalue weighted by Crippen LogP contribution is 2.45. The monoisotopic (exact) mass is 721 g/mol. The Balaban J connectivity index is 1.03. The summed E-state index contributed by atoms with van der Waals surface area (Å²) in [5.41, 5.74) is 10.9. The lowest BCUT2D eigenvalue weighted by Crippen LogP contribution is -1.94. The van der Waals surface area contributed by atoms with Crippen LogP contribution in [0, 0.1) is 0 Å². The van der Waals surface area contributed by atoms with Gasteiger partial charge < -0.3 is 4.57 Å². The fourth-order valence-corrected chi connectivity index (χ4v) is 9.53. The minimum Gasteiger partial charge on any atom is -0.309 e. The van der Waals surface area contributed by atoms with E-state index in [9.17, 15) is 0 Å². The van der Waals surface area contributed by atoms with Crippen LogP contribution in [0.3, 0.4) is 0 Å². The zero-order valence-corrected chi connectivity index (χ0v) is 31.2. The first-order valence-electron chi connectivity index (χ1n) is 19.8. The Morgan fingerprint density at radius 3 is 1.02 bits per heavy atom. The second-order valence-electron chi connectivity index (χ2n) is 15.2. The highest BCUT2D eigenvalue weighted by Gasteiger charge is 2.18. The molecule has 0 saturated carbocycles. The zero-order valence-electron chi connectivity index (χ0n) is 31.2. The summed E-state index contributed by atoms with van der Waals surface area (Å²) >= 11 is 0. The van der Waals surface area contributed by atoms with E-state index in [2.05, 4.69) is 217 Å². The molecule has 0 N–H and O–H groups in total. The van der Waals surface area contributed by atoms with Gasteiger partial charge in [-0.25, -0.2) is 0 Å². The molecule has 11 aromatic carbocycles. The molecule has 0 radical (unpaired) electrons. The Morgan fingerprint density at radius 1 is 0.211 bits per heavy atom. The van der Waals surface area contributed by atoms with E-state index < -0.39 is 0 Å². The second-order valence-corrected chi connectivity index (χ2v) is 15.2. The van der Waals surface area contributed by atoms with Gasteiger partial charge in [0.2, 0.25) is 0 Å². The van der Waals surface area contributed by atoms with E-state index in [4.69, 9.17) is 0 Å². The topological polar surface area (TPSA) is 4.93 Å². The molecule has 1 aromatic heterocycles. The Bertz CT molecular complexity index is 3440.